The molecular weight excluding hydrogens is 838 g/mol. The summed E-state index contributed by atoms with van der Waals surface area (Å²) in [6.45, 7) is 2.61. The van der Waals surface area contributed by atoms with E-state index < -0.39 is 56.5 Å². The van der Waals surface area contributed by atoms with Gasteiger partial charge in [-0.15, -0.1) is 0 Å². The van der Waals surface area contributed by atoms with Crippen molar-refractivity contribution in [1.82, 2.24) is 24.6 Å². The predicted octanol–water partition coefficient (Wildman–Crippen LogP) is 5.40. The molecule has 5 N–H and O–H groups in total. The zero-order valence-electron chi connectivity index (χ0n) is 29.3. The number of anilines is 1. The van der Waals surface area contributed by atoms with Gasteiger partial charge < -0.3 is 34.7 Å². The molecule has 2 aromatic heterocycles. The average molecular weight is 879 g/mol. The minimum Gasteiger partial charge on any atom is -0.479 e. The van der Waals surface area contributed by atoms with Gasteiger partial charge in [0.25, 0.3) is 0 Å². The summed E-state index contributed by atoms with van der Waals surface area (Å²) in [7, 11) is -3.07. The van der Waals surface area contributed by atoms with Crippen LogP contribution in [0.25, 0.3) is 21.9 Å². The molecule has 0 amide bonds. The maximum absolute atomic E-state index is 14.9. The summed E-state index contributed by atoms with van der Waals surface area (Å²) in [4.78, 5) is 26.5. The van der Waals surface area contributed by atoms with Gasteiger partial charge in [-0.2, -0.15) is 26.8 Å². The number of thioether (sulfide) groups is 1. The highest BCUT2D eigenvalue weighted by Crippen LogP contribution is 2.49. The van der Waals surface area contributed by atoms with E-state index in [1.165, 1.54) is 30.4 Å². The molecule has 1 aliphatic heterocycles. The number of aromatic nitrogens is 4. The lowest BCUT2D eigenvalue weighted by molar-refractivity contribution is -0.150. The second-order valence-electron chi connectivity index (χ2n) is 12.5. The fourth-order valence-electron chi connectivity index (χ4n) is 6.02. The van der Waals surface area contributed by atoms with Gasteiger partial charge in [0.2, 0.25) is 11.8 Å². The number of nitrogen functional groups attached to an aromatic ring is 1. The van der Waals surface area contributed by atoms with Gasteiger partial charge in [0.1, 0.15) is 35.7 Å². The molecule has 0 aliphatic carbocycles. The lowest BCUT2D eigenvalue weighted by Gasteiger charge is -2.28. The number of hydrogen-bond acceptors (Lipinski definition) is 14. The van der Waals surface area contributed by atoms with Crippen molar-refractivity contribution in [3.8, 4) is 11.6 Å². The zero-order chi connectivity index (χ0) is 37.9. The Morgan fingerprint density at radius 3 is 2.58 bits per heavy atom. The highest BCUT2D eigenvalue weighted by molar-refractivity contribution is 14.1. The van der Waals surface area contributed by atoms with Gasteiger partial charge >= 0.3 is 13.7 Å². The lowest BCUT2D eigenvalue weighted by Crippen LogP contribution is -2.45. The van der Waals surface area contributed by atoms with Crippen LogP contribution in [0.2, 0.25) is 0 Å². The standard InChI is InChI=1S/C35H40IN6O9PS/c1-20(21-11-6-5-7-12-21)49-31(44)24(17-18-53-4)41-52(46,51-25-16-10-14-22-13-8-9-15-23(22)25)48-19-26-28(43)35(2,45)32(50-26)42-29-27(38-33(42)36)30(47-3)40-34(37)39-29/h5-16,20,24,26,28,32,43,45H,17-19H2,1-4H3,(H,41,46)(H2,37,39,40)/t20-,24?,26+,28+,32+,35+,52?/m0/s1. The second kappa shape index (κ2) is 16.4. The molecule has 1 aliphatic rings. The van der Waals surface area contributed by atoms with Gasteiger partial charge in [-0.05, 0) is 49.3 Å². The van der Waals surface area contributed by atoms with Gasteiger partial charge in [-0.25, -0.2) is 9.55 Å². The van der Waals surface area contributed by atoms with E-state index in [0.29, 0.717) is 15.0 Å². The first kappa shape index (κ1) is 39.2. The fraction of sp³-hybridized carbons (Fsp3) is 0.371. The molecular formula is C35H40IN6O9PS. The van der Waals surface area contributed by atoms with Crippen molar-refractivity contribution in [2.75, 3.05) is 31.5 Å². The summed E-state index contributed by atoms with van der Waals surface area (Å²) in [5.74, 6) is 0.116. The summed E-state index contributed by atoms with van der Waals surface area (Å²) >= 11 is 3.44. The monoisotopic (exact) mass is 878 g/mol. The van der Waals surface area contributed by atoms with E-state index in [1.54, 1.807) is 19.1 Å². The molecule has 2 unspecified atom stereocenters. The zero-order valence-corrected chi connectivity index (χ0v) is 33.2. The van der Waals surface area contributed by atoms with Gasteiger partial charge in [-0.3, -0.25) is 13.9 Å². The minimum absolute atomic E-state index is 0.102. The number of aliphatic hydroxyl groups excluding tert-OH is 1. The van der Waals surface area contributed by atoms with Gasteiger partial charge in [0.05, 0.1) is 13.7 Å². The number of rotatable bonds is 15. The summed E-state index contributed by atoms with van der Waals surface area (Å²) in [5, 5.41) is 27.4. The first-order valence-corrected chi connectivity index (χ1v) is 20.6. The van der Waals surface area contributed by atoms with E-state index in [9.17, 15) is 19.6 Å². The van der Waals surface area contributed by atoms with Crippen molar-refractivity contribution < 1.29 is 42.8 Å². The quantitative estimate of drug-likeness (QED) is 0.0450. The Morgan fingerprint density at radius 2 is 1.85 bits per heavy atom. The van der Waals surface area contributed by atoms with E-state index in [1.807, 2.05) is 89.5 Å². The number of ether oxygens (including phenoxy) is 3. The molecule has 6 rings (SSSR count). The molecule has 53 heavy (non-hydrogen) atoms. The number of nitrogens with zero attached hydrogens (tertiary/aromatic N) is 4. The molecule has 1 fully saturated rings. The Kier molecular flexibility index (Phi) is 12.1. The number of hydrogen-bond donors (Lipinski definition) is 4. The molecule has 0 spiro atoms. The van der Waals surface area contributed by atoms with Crippen LogP contribution < -0.4 is 20.1 Å². The maximum Gasteiger partial charge on any atom is 0.459 e. The summed E-state index contributed by atoms with van der Waals surface area (Å²) in [6, 6.07) is 20.8. The molecule has 15 nitrogen and oxygen atoms in total. The minimum atomic E-state index is -4.48. The Bertz CT molecular complexity index is 2120. The Labute approximate surface area is 323 Å². The van der Waals surface area contributed by atoms with Crippen molar-refractivity contribution in [2.24, 2.45) is 0 Å². The van der Waals surface area contributed by atoms with Crippen molar-refractivity contribution in [2.45, 2.75) is 56.5 Å². The third-order valence-corrected chi connectivity index (χ3v) is 11.8. The summed E-state index contributed by atoms with van der Waals surface area (Å²) in [6.07, 6.45) is -2.53. The average Bonchev–Trinajstić information content (AvgIpc) is 3.58. The summed E-state index contributed by atoms with van der Waals surface area (Å²) < 4.78 is 46.3. The van der Waals surface area contributed by atoms with E-state index >= 15 is 0 Å². The van der Waals surface area contributed by atoms with Crippen molar-refractivity contribution in [3.63, 3.8) is 0 Å². The molecule has 3 heterocycles. The van der Waals surface area contributed by atoms with Crippen molar-refractivity contribution in [3.05, 3.63) is 82.2 Å². The highest BCUT2D eigenvalue weighted by atomic mass is 127. The maximum atomic E-state index is 14.9. The number of imidazole rings is 1. The number of nitrogens with one attached hydrogen (secondary N) is 1. The first-order valence-electron chi connectivity index (χ1n) is 16.6. The molecule has 18 heteroatoms. The number of nitrogens with two attached hydrogens (primary N) is 1. The molecule has 0 radical (unpaired) electrons. The Morgan fingerprint density at radius 1 is 1.13 bits per heavy atom. The molecule has 3 aromatic carbocycles. The second-order valence-corrected chi connectivity index (χ2v) is 16.2. The van der Waals surface area contributed by atoms with E-state index in [4.69, 9.17) is 29.0 Å². The third kappa shape index (κ3) is 8.42. The number of esters is 1. The van der Waals surface area contributed by atoms with Crippen LogP contribution in [0.15, 0.2) is 72.8 Å². The van der Waals surface area contributed by atoms with Crippen LogP contribution in [-0.2, 0) is 23.4 Å². The van der Waals surface area contributed by atoms with Gasteiger partial charge in [0, 0.05) is 28.0 Å². The van der Waals surface area contributed by atoms with Gasteiger partial charge in [0.15, 0.2) is 21.2 Å². The number of benzene rings is 3. The highest BCUT2D eigenvalue weighted by Gasteiger charge is 2.55. The van der Waals surface area contributed by atoms with Crippen molar-refractivity contribution in [1.29, 1.82) is 0 Å². The Hall–Kier alpha value is -3.55. The lowest BCUT2D eigenvalue weighted by atomic mass is 9.96. The smallest absolute Gasteiger partial charge is 0.459 e. The van der Waals surface area contributed by atoms with Crippen LogP contribution in [-0.4, -0.2) is 85.3 Å². The number of aliphatic hydroxyl groups is 2. The predicted molar refractivity (Wildman–Crippen MR) is 209 cm³/mol. The number of carbonyl (C=O) groups is 1. The molecule has 0 saturated carbocycles. The molecule has 5 aromatic rings. The summed E-state index contributed by atoms with van der Waals surface area (Å²) in [5.41, 5.74) is 5.26. The van der Waals surface area contributed by atoms with E-state index in [2.05, 4.69) is 20.0 Å². The molecule has 1 saturated heterocycles. The number of fused-ring (bicyclic) bond motifs is 2. The third-order valence-electron chi connectivity index (χ3n) is 8.81. The number of carbonyl (C=O) groups excluding carboxylic acids is 1. The van der Waals surface area contributed by atoms with Crippen LogP contribution >= 0.6 is 42.1 Å². The first-order chi connectivity index (χ1) is 25.3. The fourth-order valence-corrected chi connectivity index (χ4v) is 8.77. The van der Waals surface area contributed by atoms with Crippen LogP contribution in [0.4, 0.5) is 5.95 Å². The van der Waals surface area contributed by atoms with Crippen LogP contribution in [0.3, 0.4) is 0 Å². The molecule has 0 bridgehead atoms. The van der Waals surface area contributed by atoms with Crippen LogP contribution in [0.5, 0.6) is 11.6 Å². The Balaban J connectivity index is 1.30. The molecule has 7 atom stereocenters. The van der Waals surface area contributed by atoms with Crippen LogP contribution in [0, 0.1) is 3.83 Å². The largest absolute Gasteiger partial charge is 0.479 e. The van der Waals surface area contributed by atoms with Crippen molar-refractivity contribution >= 4 is 76.0 Å². The van der Waals surface area contributed by atoms with Crippen LogP contribution in [0.1, 0.15) is 38.2 Å². The topological polar surface area (TPSA) is 202 Å². The SMILES string of the molecule is COc1nc(N)nc2c1nc(I)n2[C@@H]1O[C@H](COP(=O)(NC(CCSC)C(=O)O[C@@H](C)c2ccccc2)Oc2cccc3ccccc23)[C@@H](O)[C@@]1(C)O. The number of halogens is 1. The molecule has 282 valence electrons. The normalized spacial score (nSPS) is 22.4. The van der Waals surface area contributed by atoms with E-state index in [-0.39, 0.29) is 35.2 Å². The number of methoxy groups -OCH3 is 1. The van der Waals surface area contributed by atoms with E-state index in [0.717, 1.165) is 10.9 Å². The van der Waals surface area contributed by atoms with Gasteiger partial charge in [-0.1, -0.05) is 66.7 Å².